The maximum Gasteiger partial charge on any atom is 0.294 e. The number of benzene rings is 1. The molecule has 0 heterocycles. The number of nitro benzene ring substituents is 1. The minimum absolute atomic E-state index is 0.107. The third-order valence-corrected chi connectivity index (χ3v) is 3.15. The van der Waals surface area contributed by atoms with Gasteiger partial charge in [0.2, 0.25) is 0 Å². The highest BCUT2D eigenvalue weighted by Gasteiger charge is 2.20. The molecule has 0 N–H and O–H groups in total. The van der Waals surface area contributed by atoms with Crippen LogP contribution in [-0.2, 0) is 0 Å². The number of halogens is 2. The molecule has 5 nitrogen and oxygen atoms in total. The average Bonchev–Trinajstić information content (AvgIpc) is 2.33. The van der Waals surface area contributed by atoms with Gasteiger partial charge in [-0.25, -0.2) is 0 Å². The Balaban J connectivity index is 3.23. The molecule has 18 heavy (non-hydrogen) atoms. The lowest BCUT2D eigenvalue weighted by Crippen LogP contribution is -2.24. The molecule has 96 valence electrons. The van der Waals surface area contributed by atoms with E-state index < -0.39 is 4.92 Å². The normalized spacial score (nSPS) is 9.89. The predicted molar refractivity (Wildman–Crippen MR) is 71.2 cm³/mol. The number of nitrogens with zero attached hydrogens (tertiary/aromatic N) is 3. The molecule has 0 atom stereocenters. The van der Waals surface area contributed by atoms with E-state index in [4.69, 9.17) is 28.5 Å². The van der Waals surface area contributed by atoms with E-state index in [-0.39, 0.29) is 22.2 Å². The van der Waals surface area contributed by atoms with Crippen LogP contribution in [0.15, 0.2) is 12.1 Å². The fourth-order valence-electron chi connectivity index (χ4n) is 1.56. The zero-order chi connectivity index (χ0) is 13.7. The monoisotopic (exact) mass is 287 g/mol. The Hall–Kier alpha value is -1.51. The van der Waals surface area contributed by atoms with Crippen molar-refractivity contribution >= 4 is 34.6 Å². The smallest absolute Gasteiger partial charge is 0.294 e. The summed E-state index contributed by atoms with van der Waals surface area (Å²) >= 11 is 11.7. The molecule has 0 amide bonds. The van der Waals surface area contributed by atoms with Gasteiger partial charge < -0.3 is 4.90 Å². The summed E-state index contributed by atoms with van der Waals surface area (Å²) in [6, 6.07) is 4.70. The summed E-state index contributed by atoms with van der Waals surface area (Å²) in [5, 5.41) is 20.0. The highest BCUT2D eigenvalue weighted by molar-refractivity contribution is 6.42. The number of nitriles is 1. The highest BCUT2D eigenvalue weighted by Crippen LogP contribution is 2.36. The number of anilines is 1. The zero-order valence-electron chi connectivity index (χ0n) is 9.69. The van der Waals surface area contributed by atoms with E-state index in [0.717, 1.165) is 0 Å². The minimum atomic E-state index is -0.507. The Morgan fingerprint density at radius 1 is 1.44 bits per heavy atom. The van der Waals surface area contributed by atoms with Crippen LogP contribution in [-0.4, -0.2) is 18.0 Å². The molecule has 1 rings (SSSR count). The number of hydrogen-bond donors (Lipinski definition) is 0. The molecule has 0 radical (unpaired) electrons. The van der Waals surface area contributed by atoms with Gasteiger partial charge in [0.25, 0.3) is 5.69 Å². The van der Waals surface area contributed by atoms with Gasteiger partial charge >= 0.3 is 0 Å². The summed E-state index contributed by atoms with van der Waals surface area (Å²) < 4.78 is 0. The molecule has 0 aliphatic carbocycles. The first kappa shape index (κ1) is 14.6. The van der Waals surface area contributed by atoms with Gasteiger partial charge in [-0.1, -0.05) is 23.2 Å². The van der Waals surface area contributed by atoms with Crippen LogP contribution in [0.3, 0.4) is 0 Å². The molecule has 0 aliphatic heterocycles. The van der Waals surface area contributed by atoms with Crippen molar-refractivity contribution in [2.24, 2.45) is 0 Å². The summed E-state index contributed by atoms with van der Waals surface area (Å²) in [7, 11) is 0. The van der Waals surface area contributed by atoms with Crippen LogP contribution in [0, 0.1) is 21.4 Å². The van der Waals surface area contributed by atoms with Crippen molar-refractivity contribution in [2.45, 2.75) is 13.3 Å². The summed E-state index contributed by atoms with van der Waals surface area (Å²) in [5.41, 5.74) is 0.274. The Morgan fingerprint density at radius 2 is 2.06 bits per heavy atom. The molecule has 0 unspecified atom stereocenters. The topological polar surface area (TPSA) is 70.2 Å². The predicted octanol–water partition coefficient (Wildman–Crippen LogP) is 3.64. The van der Waals surface area contributed by atoms with Gasteiger partial charge in [-0.15, -0.1) is 0 Å². The lowest BCUT2D eigenvalue weighted by molar-refractivity contribution is -0.384. The fourth-order valence-corrected chi connectivity index (χ4v) is 1.88. The molecule has 0 aliphatic rings. The Kier molecular flexibility index (Phi) is 5.20. The first-order valence-corrected chi connectivity index (χ1v) is 6.02. The maximum atomic E-state index is 11.0. The second-order valence-corrected chi connectivity index (χ2v) is 4.31. The third kappa shape index (κ3) is 3.25. The van der Waals surface area contributed by atoms with Crippen molar-refractivity contribution in [3.05, 3.63) is 32.3 Å². The molecule has 1 aromatic carbocycles. The van der Waals surface area contributed by atoms with Gasteiger partial charge in [-0.05, 0) is 13.0 Å². The Labute approximate surface area is 115 Å². The quantitative estimate of drug-likeness (QED) is 0.612. The highest BCUT2D eigenvalue weighted by atomic mass is 35.5. The first-order valence-electron chi connectivity index (χ1n) is 5.26. The molecular formula is C11H11Cl2N3O2. The molecule has 7 heteroatoms. The number of rotatable bonds is 5. The van der Waals surface area contributed by atoms with E-state index in [0.29, 0.717) is 18.8 Å². The number of nitro groups is 1. The summed E-state index contributed by atoms with van der Waals surface area (Å²) in [6.45, 7) is 2.80. The SMILES string of the molecule is CCN(CCC#N)c1cc(Cl)c(Cl)cc1[N+](=O)[O-]. The fraction of sp³-hybridized carbons (Fsp3) is 0.364. The third-order valence-electron chi connectivity index (χ3n) is 2.43. The lowest BCUT2D eigenvalue weighted by Gasteiger charge is -2.21. The van der Waals surface area contributed by atoms with Crippen molar-refractivity contribution in [3.63, 3.8) is 0 Å². The van der Waals surface area contributed by atoms with E-state index in [9.17, 15) is 10.1 Å². The van der Waals surface area contributed by atoms with Gasteiger partial charge in [0.1, 0.15) is 5.69 Å². The second kappa shape index (κ2) is 6.43. The number of hydrogen-bond acceptors (Lipinski definition) is 4. The Bertz CT molecular complexity index is 500. The summed E-state index contributed by atoms with van der Waals surface area (Å²) in [6.07, 6.45) is 0.283. The minimum Gasteiger partial charge on any atom is -0.365 e. The van der Waals surface area contributed by atoms with E-state index in [1.54, 1.807) is 4.90 Å². The van der Waals surface area contributed by atoms with E-state index in [1.807, 2.05) is 13.0 Å². The van der Waals surface area contributed by atoms with Crippen LogP contribution in [0.1, 0.15) is 13.3 Å². The molecule has 0 spiro atoms. The van der Waals surface area contributed by atoms with Crippen LogP contribution in [0.2, 0.25) is 10.0 Å². The molecule has 1 aromatic rings. The largest absolute Gasteiger partial charge is 0.365 e. The molecule has 0 saturated carbocycles. The van der Waals surface area contributed by atoms with Crippen molar-refractivity contribution in [1.82, 2.24) is 0 Å². The molecule has 0 aromatic heterocycles. The van der Waals surface area contributed by atoms with Crippen LogP contribution >= 0.6 is 23.2 Å². The molecule has 0 fully saturated rings. The van der Waals surface area contributed by atoms with Gasteiger partial charge in [0, 0.05) is 19.2 Å². The summed E-state index contributed by atoms with van der Waals surface area (Å²) in [5.74, 6) is 0. The average molecular weight is 288 g/mol. The van der Waals surface area contributed by atoms with E-state index in [1.165, 1.54) is 12.1 Å². The molecule has 0 bridgehead atoms. The summed E-state index contributed by atoms with van der Waals surface area (Å²) in [4.78, 5) is 12.2. The van der Waals surface area contributed by atoms with Crippen molar-refractivity contribution in [3.8, 4) is 6.07 Å². The van der Waals surface area contributed by atoms with E-state index >= 15 is 0 Å². The standard InChI is InChI=1S/C11H11Cl2N3O2/c1-2-15(5-3-4-14)10-6-8(12)9(13)7-11(10)16(17)18/h6-7H,2-3,5H2,1H3. The van der Waals surface area contributed by atoms with Gasteiger partial charge in [0.15, 0.2) is 0 Å². The maximum absolute atomic E-state index is 11.0. The zero-order valence-corrected chi connectivity index (χ0v) is 11.2. The first-order chi connectivity index (χ1) is 8.51. The van der Waals surface area contributed by atoms with Crippen molar-refractivity contribution in [1.29, 1.82) is 5.26 Å². The lowest BCUT2D eigenvalue weighted by atomic mass is 10.2. The van der Waals surface area contributed by atoms with Crippen LogP contribution < -0.4 is 4.90 Å². The van der Waals surface area contributed by atoms with E-state index in [2.05, 4.69) is 0 Å². The second-order valence-electron chi connectivity index (χ2n) is 3.50. The molecular weight excluding hydrogens is 277 g/mol. The van der Waals surface area contributed by atoms with Crippen molar-refractivity contribution < 1.29 is 4.92 Å². The van der Waals surface area contributed by atoms with Crippen LogP contribution in [0.5, 0.6) is 0 Å². The van der Waals surface area contributed by atoms with Gasteiger partial charge in [0.05, 0.1) is 27.5 Å². The van der Waals surface area contributed by atoms with Gasteiger partial charge in [-0.3, -0.25) is 10.1 Å². The van der Waals surface area contributed by atoms with Crippen LogP contribution in [0.4, 0.5) is 11.4 Å². The van der Waals surface area contributed by atoms with Crippen LogP contribution in [0.25, 0.3) is 0 Å². The molecule has 0 saturated heterocycles. The Morgan fingerprint density at radius 3 is 2.56 bits per heavy atom. The van der Waals surface area contributed by atoms with Gasteiger partial charge in [-0.2, -0.15) is 5.26 Å². The van der Waals surface area contributed by atoms with Crippen molar-refractivity contribution in [2.75, 3.05) is 18.0 Å².